The summed E-state index contributed by atoms with van der Waals surface area (Å²) in [4.78, 5) is 14.3. The Bertz CT molecular complexity index is 374. The molecule has 0 fully saturated rings. The lowest BCUT2D eigenvalue weighted by atomic mass is 10.1. The normalized spacial score (nSPS) is 11.4. The zero-order chi connectivity index (χ0) is 23.5. The smallest absolute Gasteiger partial charge is 0.219 e. The summed E-state index contributed by atoms with van der Waals surface area (Å²) in [6, 6.07) is 0. The minimum absolute atomic E-state index is 0.244. The Morgan fingerprint density at radius 2 is 1.09 bits per heavy atom. The number of rotatable bonds is 26. The molecule has 0 aliphatic rings. The third kappa shape index (κ3) is 24.4. The second-order valence-electron chi connectivity index (χ2n) is 9.40. The van der Waals surface area contributed by atoms with Gasteiger partial charge in [-0.25, -0.2) is 0 Å². The summed E-state index contributed by atoms with van der Waals surface area (Å²) < 4.78 is 0. The lowest BCUT2D eigenvalue weighted by Gasteiger charge is -2.17. The molecule has 0 spiro atoms. The van der Waals surface area contributed by atoms with Crippen LogP contribution in [-0.4, -0.2) is 48.5 Å². The van der Waals surface area contributed by atoms with Crippen LogP contribution in [0.4, 0.5) is 0 Å². The Kier molecular flexibility index (Phi) is 26.8. The van der Waals surface area contributed by atoms with Gasteiger partial charge in [-0.3, -0.25) is 4.79 Å². The van der Waals surface area contributed by atoms with E-state index in [1.807, 2.05) is 0 Å². The van der Waals surface area contributed by atoms with Gasteiger partial charge in [0, 0.05) is 13.0 Å². The van der Waals surface area contributed by atoms with E-state index >= 15 is 0 Å². The van der Waals surface area contributed by atoms with Crippen LogP contribution >= 0.6 is 11.8 Å². The first-order valence-electron chi connectivity index (χ1n) is 14.3. The van der Waals surface area contributed by atoms with Gasteiger partial charge >= 0.3 is 0 Å². The molecule has 0 atom stereocenters. The molecule has 0 radical (unpaired) electrons. The number of hydrogen-bond acceptors (Lipinski definition) is 3. The Hall–Kier alpha value is -0.220. The summed E-state index contributed by atoms with van der Waals surface area (Å²) in [5.41, 5.74) is 0. The van der Waals surface area contributed by atoms with E-state index in [0.717, 1.165) is 39.0 Å². The van der Waals surface area contributed by atoms with Gasteiger partial charge in [-0.2, -0.15) is 11.8 Å². The van der Waals surface area contributed by atoms with Crippen molar-refractivity contribution in [1.82, 2.24) is 10.2 Å². The van der Waals surface area contributed by atoms with Crippen molar-refractivity contribution in [1.29, 1.82) is 0 Å². The van der Waals surface area contributed by atoms with E-state index in [4.69, 9.17) is 0 Å². The molecule has 0 saturated carbocycles. The van der Waals surface area contributed by atoms with Crippen molar-refractivity contribution in [3.63, 3.8) is 0 Å². The lowest BCUT2D eigenvalue weighted by Crippen LogP contribution is -2.29. The van der Waals surface area contributed by atoms with Gasteiger partial charge in [-0.1, -0.05) is 104 Å². The molecule has 32 heavy (non-hydrogen) atoms. The van der Waals surface area contributed by atoms with Crippen molar-refractivity contribution in [2.24, 2.45) is 0 Å². The van der Waals surface area contributed by atoms with Crippen molar-refractivity contribution in [3.05, 3.63) is 0 Å². The summed E-state index contributed by atoms with van der Waals surface area (Å²) >= 11 is 2.17. The summed E-state index contributed by atoms with van der Waals surface area (Å²) in [7, 11) is 0. The fourth-order valence-corrected chi connectivity index (χ4v) is 5.17. The van der Waals surface area contributed by atoms with Crippen LogP contribution in [0.5, 0.6) is 0 Å². The molecule has 0 bridgehead atoms. The van der Waals surface area contributed by atoms with Gasteiger partial charge in [0.25, 0.3) is 0 Å². The Morgan fingerprint density at radius 3 is 1.59 bits per heavy atom. The van der Waals surface area contributed by atoms with Crippen LogP contribution in [0.3, 0.4) is 0 Å². The van der Waals surface area contributed by atoms with Crippen molar-refractivity contribution in [3.8, 4) is 0 Å². The van der Waals surface area contributed by atoms with E-state index in [-0.39, 0.29) is 5.91 Å². The van der Waals surface area contributed by atoms with E-state index in [2.05, 4.69) is 42.7 Å². The summed E-state index contributed by atoms with van der Waals surface area (Å²) in [6.45, 7) is 10.8. The Morgan fingerprint density at radius 1 is 0.625 bits per heavy atom. The van der Waals surface area contributed by atoms with Crippen LogP contribution in [0.25, 0.3) is 0 Å². The van der Waals surface area contributed by atoms with Crippen LogP contribution in [-0.2, 0) is 4.79 Å². The van der Waals surface area contributed by atoms with Gasteiger partial charge in [-0.05, 0) is 56.8 Å². The van der Waals surface area contributed by atoms with Crippen molar-refractivity contribution in [2.45, 2.75) is 136 Å². The first-order valence-corrected chi connectivity index (χ1v) is 15.5. The number of amides is 1. The molecular weight excluding hydrogens is 412 g/mol. The highest BCUT2D eigenvalue weighted by atomic mass is 32.2. The molecule has 192 valence electrons. The van der Waals surface area contributed by atoms with Gasteiger partial charge < -0.3 is 10.2 Å². The fraction of sp³-hybridized carbons (Fsp3) is 0.964. The van der Waals surface area contributed by atoms with Gasteiger partial charge in [-0.15, -0.1) is 0 Å². The van der Waals surface area contributed by atoms with Gasteiger partial charge in [0.2, 0.25) is 5.91 Å². The predicted octanol–water partition coefficient (Wildman–Crippen LogP) is 8.22. The van der Waals surface area contributed by atoms with Crippen molar-refractivity contribution in [2.75, 3.05) is 37.7 Å². The first kappa shape index (κ1) is 31.8. The zero-order valence-electron chi connectivity index (χ0n) is 22.2. The topological polar surface area (TPSA) is 32.3 Å². The Balaban J connectivity index is 3.16. The van der Waals surface area contributed by atoms with E-state index < -0.39 is 0 Å². The number of thioether (sulfide) groups is 1. The maximum atomic E-state index is 11.9. The molecule has 0 aromatic carbocycles. The van der Waals surface area contributed by atoms with Gasteiger partial charge in [0.1, 0.15) is 0 Å². The number of unbranched alkanes of at least 4 members (excludes halogenated alkanes) is 14. The molecule has 0 aromatic rings. The van der Waals surface area contributed by atoms with E-state index in [1.165, 1.54) is 108 Å². The highest BCUT2D eigenvalue weighted by Crippen LogP contribution is 2.14. The molecule has 4 heteroatoms. The maximum absolute atomic E-state index is 11.9. The Labute approximate surface area is 206 Å². The van der Waals surface area contributed by atoms with Crippen molar-refractivity contribution < 1.29 is 4.79 Å². The van der Waals surface area contributed by atoms with Gasteiger partial charge in [0.05, 0.1) is 0 Å². The van der Waals surface area contributed by atoms with Crippen LogP contribution in [0, 0.1) is 0 Å². The van der Waals surface area contributed by atoms with Gasteiger partial charge in [0.15, 0.2) is 0 Å². The molecule has 0 unspecified atom stereocenters. The number of nitrogens with one attached hydrogen (secondary N) is 1. The second kappa shape index (κ2) is 27.0. The molecule has 1 amide bonds. The third-order valence-electron chi connectivity index (χ3n) is 6.45. The first-order chi connectivity index (χ1) is 15.7. The van der Waals surface area contributed by atoms with Crippen LogP contribution in [0.2, 0.25) is 0 Å². The molecule has 0 aliphatic heterocycles. The SMILES string of the molecule is CCCCCCCCCCSCCCCCCCCCCC(=O)NCCCN(CC)CC. The third-order valence-corrected chi connectivity index (χ3v) is 7.61. The quantitative estimate of drug-likeness (QED) is 0.129. The summed E-state index contributed by atoms with van der Waals surface area (Å²) in [5.74, 6) is 2.98. The molecule has 0 aromatic heterocycles. The molecule has 0 heterocycles. The summed E-state index contributed by atoms with van der Waals surface area (Å²) in [6.07, 6.45) is 23.7. The molecule has 0 rings (SSSR count). The van der Waals surface area contributed by atoms with Crippen molar-refractivity contribution >= 4 is 17.7 Å². The predicted molar refractivity (Wildman–Crippen MR) is 147 cm³/mol. The average Bonchev–Trinajstić information content (AvgIpc) is 2.80. The van der Waals surface area contributed by atoms with Crippen LogP contribution in [0.15, 0.2) is 0 Å². The molecule has 1 N–H and O–H groups in total. The highest BCUT2D eigenvalue weighted by molar-refractivity contribution is 7.99. The number of carbonyl (C=O) groups excluding carboxylic acids is 1. The number of carbonyl (C=O) groups is 1. The average molecular weight is 471 g/mol. The van der Waals surface area contributed by atoms with E-state index in [1.54, 1.807) is 0 Å². The van der Waals surface area contributed by atoms with E-state index in [0.29, 0.717) is 6.42 Å². The number of nitrogens with zero attached hydrogens (tertiary/aromatic N) is 1. The zero-order valence-corrected chi connectivity index (χ0v) is 23.1. The second-order valence-corrected chi connectivity index (χ2v) is 10.6. The molecule has 0 saturated heterocycles. The number of hydrogen-bond donors (Lipinski definition) is 1. The lowest BCUT2D eigenvalue weighted by molar-refractivity contribution is -0.121. The minimum atomic E-state index is 0.244. The summed E-state index contributed by atoms with van der Waals surface area (Å²) in [5, 5.41) is 3.08. The monoisotopic (exact) mass is 470 g/mol. The fourth-order valence-electron chi connectivity index (χ4n) is 4.15. The van der Waals surface area contributed by atoms with Crippen LogP contribution < -0.4 is 5.32 Å². The highest BCUT2D eigenvalue weighted by Gasteiger charge is 2.02. The maximum Gasteiger partial charge on any atom is 0.219 e. The molecule has 0 aliphatic carbocycles. The minimum Gasteiger partial charge on any atom is -0.356 e. The molecule has 3 nitrogen and oxygen atoms in total. The molecular formula is C28H58N2OS. The standard InChI is InChI=1S/C28H58N2OS/c1-4-7-8-9-10-14-17-20-26-32-27-21-18-15-12-11-13-16-19-23-28(31)29-24-22-25-30(5-2)6-3/h4-27H2,1-3H3,(H,29,31). The largest absolute Gasteiger partial charge is 0.356 e. The van der Waals surface area contributed by atoms with E-state index in [9.17, 15) is 4.79 Å². The van der Waals surface area contributed by atoms with Crippen LogP contribution in [0.1, 0.15) is 136 Å².